The van der Waals surface area contributed by atoms with E-state index in [1.54, 1.807) is 23.9 Å². The van der Waals surface area contributed by atoms with Crippen LogP contribution in [0.3, 0.4) is 0 Å². The zero-order valence-electron chi connectivity index (χ0n) is 15.0. The summed E-state index contributed by atoms with van der Waals surface area (Å²) in [7, 11) is 3.43. The third-order valence-corrected chi connectivity index (χ3v) is 4.41. The SMILES string of the molecule is CN(C)C(=O)N1CCCC(C(=O)N(Cc2cocn2)Cc2cocn2)C1. The van der Waals surface area contributed by atoms with E-state index in [9.17, 15) is 9.59 Å². The number of hydrogen-bond donors (Lipinski definition) is 0. The fourth-order valence-corrected chi connectivity index (χ4v) is 3.13. The Morgan fingerprint density at radius 1 is 1.15 bits per heavy atom. The van der Waals surface area contributed by atoms with Crippen LogP contribution < -0.4 is 0 Å². The molecule has 3 heterocycles. The molecular formula is C17H23N5O4. The highest BCUT2D eigenvalue weighted by atomic mass is 16.3. The Morgan fingerprint density at radius 3 is 2.27 bits per heavy atom. The van der Waals surface area contributed by atoms with E-state index < -0.39 is 0 Å². The summed E-state index contributed by atoms with van der Waals surface area (Å²) < 4.78 is 10.0. The van der Waals surface area contributed by atoms with E-state index in [-0.39, 0.29) is 17.9 Å². The molecule has 0 aliphatic carbocycles. The second-order valence-corrected chi connectivity index (χ2v) is 6.62. The molecule has 26 heavy (non-hydrogen) atoms. The van der Waals surface area contributed by atoms with Crippen molar-refractivity contribution in [2.75, 3.05) is 27.2 Å². The Bertz CT molecular complexity index is 677. The molecule has 0 saturated carbocycles. The first-order valence-corrected chi connectivity index (χ1v) is 8.53. The first-order valence-electron chi connectivity index (χ1n) is 8.53. The molecule has 3 amide bonds. The molecule has 1 aliphatic heterocycles. The molecule has 1 unspecified atom stereocenters. The summed E-state index contributed by atoms with van der Waals surface area (Å²) in [4.78, 5) is 38.5. The van der Waals surface area contributed by atoms with E-state index in [1.807, 2.05) is 0 Å². The van der Waals surface area contributed by atoms with Crippen molar-refractivity contribution >= 4 is 11.9 Å². The molecule has 2 aromatic rings. The number of carbonyl (C=O) groups excluding carboxylic acids is 2. The number of piperidine rings is 1. The van der Waals surface area contributed by atoms with Gasteiger partial charge in [-0.25, -0.2) is 14.8 Å². The molecule has 1 fully saturated rings. The Labute approximate surface area is 151 Å². The molecule has 0 aromatic carbocycles. The fourth-order valence-electron chi connectivity index (χ4n) is 3.13. The van der Waals surface area contributed by atoms with Crippen molar-refractivity contribution in [2.24, 2.45) is 5.92 Å². The third kappa shape index (κ3) is 4.22. The average molecular weight is 361 g/mol. The Hall–Kier alpha value is -2.84. The quantitative estimate of drug-likeness (QED) is 0.802. The highest BCUT2D eigenvalue weighted by molar-refractivity contribution is 5.81. The molecule has 1 aliphatic rings. The number of amides is 3. The van der Waals surface area contributed by atoms with Gasteiger partial charge in [0, 0.05) is 27.2 Å². The van der Waals surface area contributed by atoms with Crippen LogP contribution in [0.5, 0.6) is 0 Å². The van der Waals surface area contributed by atoms with Crippen LogP contribution in [0.4, 0.5) is 4.79 Å². The summed E-state index contributed by atoms with van der Waals surface area (Å²) in [6.45, 7) is 1.73. The number of urea groups is 1. The van der Waals surface area contributed by atoms with Crippen LogP contribution in [-0.2, 0) is 17.9 Å². The van der Waals surface area contributed by atoms with Crippen LogP contribution in [0.15, 0.2) is 34.1 Å². The van der Waals surface area contributed by atoms with E-state index in [4.69, 9.17) is 8.83 Å². The number of oxazole rings is 2. The lowest BCUT2D eigenvalue weighted by molar-refractivity contribution is -0.138. The predicted octanol–water partition coefficient (Wildman–Crippen LogP) is 1.58. The summed E-state index contributed by atoms with van der Waals surface area (Å²) in [6.07, 6.45) is 7.28. The van der Waals surface area contributed by atoms with Gasteiger partial charge in [-0.3, -0.25) is 4.79 Å². The van der Waals surface area contributed by atoms with E-state index in [1.165, 1.54) is 30.2 Å². The van der Waals surface area contributed by atoms with Crippen LogP contribution in [0, 0.1) is 5.92 Å². The molecule has 1 saturated heterocycles. The smallest absolute Gasteiger partial charge is 0.319 e. The number of rotatable bonds is 5. The largest absolute Gasteiger partial charge is 0.451 e. The van der Waals surface area contributed by atoms with Gasteiger partial charge in [-0.2, -0.15) is 0 Å². The maximum atomic E-state index is 13.1. The van der Waals surface area contributed by atoms with E-state index in [0.717, 1.165) is 12.8 Å². The van der Waals surface area contributed by atoms with Crippen molar-refractivity contribution in [3.8, 4) is 0 Å². The van der Waals surface area contributed by atoms with Crippen LogP contribution in [0.2, 0.25) is 0 Å². The van der Waals surface area contributed by atoms with E-state index >= 15 is 0 Å². The molecule has 2 aromatic heterocycles. The minimum atomic E-state index is -0.244. The molecule has 1 atom stereocenters. The highest BCUT2D eigenvalue weighted by Gasteiger charge is 2.32. The monoisotopic (exact) mass is 361 g/mol. The second-order valence-electron chi connectivity index (χ2n) is 6.62. The molecule has 0 bridgehead atoms. The topological polar surface area (TPSA) is 95.9 Å². The lowest BCUT2D eigenvalue weighted by Gasteiger charge is -2.35. The Balaban J connectivity index is 1.72. The first kappa shape index (κ1) is 18.0. The number of hydrogen-bond acceptors (Lipinski definition) is 6. The molecule has 140 valence electrons. The molecule has 9 heteroatoms. The lowest BCUT2D eigenvalue weighted by atomic mass is 9.96. The maximum absolute atomic E-state index is 13.1. The van der Waals surface area contributed by atoms with Gasteiger partial charge in [0.2, 0.25) is 5.91 Å². The van der Waals surface area contributed by atoms with Gasteiger partial charge < -0.3 is 23.5 Å². The van der Waals surface area contributed by atoms with Crippen LogP contribution in [-0.4, -0.2) is 63.8 Å². The zero-order valence-corrected chi connectivity index (χ0v) is 15.0. The van der Waals surface area contributed by atoms with Crippen molar-refractivity contribution in [3.63, 3.8) is 0 Å². The van der Waals surface area contributed by atoms with Crippen molar-refractivity contribution in [1.82, 2.24) is 24.7 Å². The molecule has 0 N–H and O–H groups in total. The average Bonchev–Trinajstić information content (AvgIpc) is 3.34. The first-order chi connectivity index (χ1) is 12.5. The molecule has 0 radical (unpaired) electrons. The van der Waals surface area contributed by atoms with Gasteiger partial charge in [-0.15, -0.1) is 0 Å². The van der Waals surface area contributed by atoms with Crippen LogP contribution in [0.1, 0.15) is 24.2 Å². The highest BCUT2D eigenvalue weighted by Crippen LogP contribution is 2.21. The molecule has 3 rings (SSSR count). The third-order valence-electron chi connectivity index (χ3n) is 4.41. The van der Waals surface area contributed by atoms with Gasteiger partial charge in [0.25, 0.3) is 0 Å². The summed E-state index contributed by atoms with van der Waals surface area (Å²) in [5.74, 6) is -0.265. The maximum Gasteiger partial charge on any atom is 0.319 e. The Kier molecular flexibility index (Phi) is 5.55. The van der Waals surface area contributed by atoms with Crippen molar-refractivity contribution in [3.05, 3.63) is 36.7 Å². The summed E-state index contributed by atoms with van der Waals surface area (Å²) in [5.41, 5.74) is 1.33. The standard InChI is InChI=1S/C17H23N5O4/c1-20(2)17(24)21-5-3-4-13(6-21)16(23)22(7-14-9-25-11-18-14)8-15-10-26-12-19-15/h9-13H,3-8H2,1-2H3. The number of aromatic nitrogens is 2. The van der Waals surface area contributed by atoms with Crippen molar-refractivity contribution in [1.29, 1.82) is 0 Å². The fraction of sp³-hybridized carbons (Fsp3) is 0.529. The Morgan fingerprint density at radius 2 is 1.77 bits per heavy atom. The van der Waals surface area contributed by atoms with Gasteiger partial charge in [0.05, 0.1) is 30.4 Å². The number of carbonyl (C=O) groups is 2. The normalized spacial score (nSPS) is 17.2. The number of likely N-dealkylation sites (tertiary alicyclic amines) is 1. The van der Waals surface area contributed by atoms with Gasteiger partial charge in [-0.1, -0.05) is 0 Å². The molecule has 0 spiro atoms. The van der Waals surface area contributed by atoms with E-state index in [0.29, 0.717) is 37.6 Å². The number of nitrogens with zero attached hydrogens (tertiary/aromatic N) is 5. The van der Waals surface area contributed by atoms with E-state index in [2.05, 4.69) is 9.97 Å². The minimum absolute atomic E-state index is 0.0211. The lowest BCUT2D eigenvalue weighted by Crippen LogP contribution is -2.49. The predicted molar refractivity (Wildman–Crippen MR) is 90.6 cm³/mol. The van der Waals surface area contributed by atoms with Gasteiger partial charge in [0.1, 0.15) is 12.5 Å². The zero-order chi connectivity index (χ0) is 18.5. The summed E-state index contributed by atoms with van der Waals surface area (Å²) >= 11 is 0. The summed E-state index contributed by atoms with van der Waals surface area (Å²) in [5, 5.41) is 0. The van der Waals surface area contributed by atoms with Crippen molar-refractivity contribution in [2.45, 2.75) is 25.9 Å². The molecular weight excluding hydrogens is 338 g/mol. The van der Waals surface area contributed by atoms with Crippen LogP contribution in [0.25, 0.3) is 0 Å². The molecule has 9 nitrogen and oxygen atoms in total. The van der Waals surface area contributed by atoms with Gasteiger partial charge in [-0.05, 0) is 12.8 Å². The summed E-state index contributed by atoms with van der Waals surface area (Å²) in [6, 6.07) is -0.0675. The minimum Gasteiger partial charge on any atom is -0.451 e. The van der Waals surface area contributed by atoms with Gasteiger partial charge in [0.15, 0.2) is 12.8 Å². The van der Waals surface area contributed by atoms with Crippen molar-refractivity contribution < 1.29 is 18.4 Å². The van der Waals surface area contributed by atoms with Crippen LogP contribution >= 0.6 is 0 Å². The second kappa shape index (κ2) is 8.03. The van der Waals surface area contributed by atoms with Gasteiger partial charge >= 0.3 is 6.03 Å².